The lowest BCUT2D eigenvalue weighted by Crippen LogP contribution is -2.29. The lowest BCUT2D eigenvalue weighted by Gasteiger charge is -2.14. The van der Waals surface area contributed by atoms with E-state index in [4.69, 9.17) is 10.5 Å². The molecule has 0 heterocycles. The van der Waals surface area contributed by atoms with E-state index in [0.717, 1.165) is 5.56 Å². The molecule has 1 aromatic carbocycles. The molecule has 0 aliphatic rings. The Morgan fingerprint density at radius 1 is 1.50 bits per heavy atom. The van der Waals surface area contributed by atoms with Crippen LogP contribution >= 0.6 is 0 Å². The summed E-state index contributed by atoms with van der Waals surface area (Å²) in [7, 11) is 1.55. The van der Waals surface area contributed by atoms with Crippen LogP contribution in [0.4, 0.5) is 10.5 Å². The van der Waals surface area contributed by atoms with E-state index in [9.17, 15) is 4.79 Å². The molecule has 0 spiro atoms. The number of nitrogens with two attached hydrogens (primary N) is 1. The monoisotopic (exact) mass is 223 g/mol. The van der Waals surface area contributed by atoms with Crippen molar-refractivity contribution in [2.45, 2.75) is 13.5 Å². The first-order valence-electron chi connectivity index (χ1n) is 5.13. The zero-order chi connectivity index (χ0) is 12.0. The van der Waals surface area contributed by atoms with Gasteiger partial charge < -0.3 is 21.1 Å². The molecule has 1 aromatic rings. The summed E-state index contributed by atoms with van der Waals surface area (Å²) in [6.07, 6.45) is 0. The second kappa shape index (κ2) is 5.97. The molecule has 0 aliphatic heterocycles. The summed E-state index contributed by atoms with van der Waals surface area (Å²) in [5, 5.41) is 5.38. The van der Waals surface area contributed by atoms with Gasteiger partial charge in [0.2, 0.25) is 0 Å². The number of hydrogen-bond acceptors (Lipinski definition) is 3. The summed E-state index contributed by atoms with van der Waals surface area (Å²) in [5.41, 5.74) is 7.06. The maximum Gasteiger partial charge on any atom is 0.319 e. The van der Waals surface area contributed by atoms with E-state index in [2.05, 4.69) is 10.6 Å². The van der Waals surface area contributed by atoms with E-state index in [1.807, 2.05) is 19.1 Å². The minimum absolute atomic E-state index is 0.262. The van der Waals surface area contributed by atoms with Crippen LogP contribution in [0.1, 0.15) is 12.5 Å². The first-order chi connectivity index (χ1) is 7.72. The Kier molecular flexibility index (Phi) is 4.60. The highest BCUT2D eigenvalue weighted by Gasteiger charge is 2.10. The number of ether oxygens (including phenoxy) is 1. The van der Waals surface area contributed by atoms with Gasteiger partial charge in [-0.15, -0.1) is 0 Å². The van der Waals surface area contributed by atoms with Crippen LogP contribution in [0.2, 0.25) is 0 Å². The number of carbonyl (C=O) groups is 1. The van der Waals surface area contributed by atoms with Gasteiger partial charge >= 0.3 is 6.03 Å². The van der Waals surface area contributed by atoms with Crippen molar-refractivity contribution in [1.29, 1.82) is 0 Å². The summed E-state index contributed by atoms with van der Waals surface area (Å²) in [4.78, 5) is 11.4. The topological polar surface area (TPSA) is 76.4 Å². The number of benzene rings is 1. The van der Waals surface area contributed by atoms with Crippen molar-refractivity contribution in [3.63, 3.8) is 0 Å². The van der Waals surface area contributed by atoms with Crippen molar-refractivity contribution < 1.29 is 9.53 Å². The highest BCUT2D eigenvalue weighted by Crippen LogP contribution is 2.27. The van der Waals surface area contributed by atoms with E-state index in [1.54, 1.807) is 13.2 Å². The average molecular weight is 223 g/mol. The number of hydrogen-bond donors (Lipinski definition) is 3. The third kappa shape index (κ3) is 2.87. The SMILES string of the molecule is CCNC(=O)Nc1c(CN)cccc1OC. The van der Waals surface area contributed by atoms with Crippen molar-refractivity contribution in [2.75, 3.05) is 19.0 Å². The van der Waals surface area contributed by atoms with Crippen molar-refractivity contribution in [2.24, 2.45) is 5.73 Å². The minimum atomic E-state index is -0.262. The second-order valence-corrected chi connectivity index (χ2v) is 3.18. The Labute approximate surface area is 95.0 Å². The van der Waals surface area contributed by atoms with Crippen molar-refractivity contribution in [3.8, 4) is 5.75 Å². The smallest absolute Gasteiger partial charge is 0.319 e. The van der Waals surface area contributed by atoms with Crippen LogP contribution in [0, 0.1) is 0 Å². The predicted octanol–water partition coefficient (Wildman–Crippen LogP) is 1.30. The number of urea groups is 1. The maximum atomic E-state index is 11.4. The molecule has 5 nitrogen and oxygen atoms in total. The number of amides is 2. The number of methoxy groups -OCH3 is 1. The average Bonchev–Trinajstić information content (AvgIpc) is 2.29. The Hall–Kier alpha value is -1.75. The molecule has 1 rings (SSSR count). The van der Waals surface area contributed by atoms with Gasteiger partial charge in [-0.05, 0) is 18.6 Å². The van der Waals surface area contributed by atoms with E-state index >= 15 is 0 Å². The van der Waals surface area contributed by atoms with Gasteiger partial charge in [0.25, 0.3) is 0 Å². The Morgan fingerprint density at radius 3 is 2.81 bits per heavy atom. The molecule has 5 heteroatoms. The molecule has 0 saturated heterocycles. The van der Waals surface area contributed by atoms with Crippen LogP contribution in [0.15, 0.2) is 18.2 Å². The molecule has 0 unspecified atom stereocenters. The molecule has 0 fully saturated rings. The lowest BCUT2D eigenvalue weighted by molar-refractivity contribution is 0.252. The van der Waals surface area contributed by atoms with Crippen LogP contribution in [-0.2, 0) is 6.54 Å². The Bertz CT molecular complexity index is 344. The number of para-hydroxylation sites is 1. The molecule has 0 aliphatic carbocycles. The number of nitrogens with one attached hydrogen (secondary N) is 2. The maximum absolute atomic E-state index is 11.4. The molecule has 0 atom stereocenters. The van der Waals surface area contributed by atoms with E-state index in [1.165, 1.54) is 0 Å². The predicted molar refractivity (Wildman–Crippen MR) is 63.6 cm³/mol. The Morgan fingerprint density at radius 2 is 2.25 bits per heavy atom. The van der Waals surface area contributed by atoms with Crippen molar-refractivity contribution >= 4 is 11.7 Å². The van der Waals surface area contributed by atoms with Gasteiger partial charge in [0.1, 0.15) is 5.75 Å². The normalized spacial score (nSPS) is 9.69. The molecular formula is C11H17N3O2. The summed E-state index contributed by atoms with van der Waals surface area (Å²) >= 11 is 0. The highest BCUT2D eigenvalue weighted by atomic mass is 16.5. The van der Waals surface area contributed by atoms with Crippen LogP contribution in [0.3, 0.4) is 0 Å². The van der Waals surface area contributed by atoms with Crippen molar-refractivity contribution in [1.82, 2.24) is 5.32 Å². The third-order valence-electron chi connectivity index (χ3n) is 2.13. The summed E-state index contributed by atoms with van der Waals surface area (Å²) < 4.78 is 5.17. The largest absolute Gasteiger partial charge is 0.495 e. The molecule has 4 N–H and O–H groups in total. The van der Waals surface area contributed by atoms with Gasteiger partial charge in [0, 0.05) is 13.1 Å². The summed E-state index contributed by atoms with van der Waals surface area (Å²) in [5.74, 6) is 0.606. The lowest BCUT2D eigenvalue weighted by atomic mass is 10.1. The fourth-order valence-electron chi connectivity index (χ4n) is 1.38. The van der Waals surface area contributed by atoms with E-state index in [0.29, 0.717) is 24.5 Å². The summed E-state index contributed by atoms with van der Waals surface area (Å²) in [6.45, 7) is 2.77. The number of carbonyl (C=O) groups excluding carboxylic acids is 1. The van der Waals surface area contributed by atoms with Gasteiger partial charge in [-0.3, -0.25) is 0 Å². The van der Waals surface area contributed by atoms with Gasteiger partial charge in [0.15, 0.2) is 0 Å². The molecule has 16 heavy (non-hydrogen) atoms. The zero-order valence-electron chi connectivity index (χ0n) is 9.54. The molecule has 0 bridgehead atoms. The van der Waals surface area contributed by atoms with Crippen LogP contribution < -0.4 is 21.1 Å². The standard InChI is InChI=1S/C11H17N3O2/c1-3-13-11(15)14-10-8(7-12)5-4-6-9(10)16-2/h4-6H,3,7,12H2,1-2H3,(H2,13,14,15). The molecule has 0 aromatic heterocycles. The van der Waals surface area contributed by atoms with Gasteiger partial charge in [-0.1, -0.05) is 12.1 Å². The molecule has 88 valence electrons. The molecule has 2 amide bonds. The van der Waals surface area contributed by atoms with E-state index in [-0.39, 0.29) is 6.03 Å². The van der Waals surface area contributed by atoms with Crippen molar-refractivity contribution in [3.05, 3.63) is 23.8 Å². The highest BCUT2D eigenvalue weighted by molar-refractivity contribution is 5.91. The first-order valence-corrected chi connectivity index (χ1v) is 5.13. The minimum Gasteiger partial charge on any atom is -0.495 e. The fourth-order valence-corrected chi connectivity index (χ4v) is 1.38. The van der Waals surface area contributed by atoms with Crippen LogP contribution in [-0.4, -0.2) is 19.7 Å². The number of rotatable bonds is 4. The fraction of sp³-hybridized carbons (Fsp3) is 0.364. The molecular weight excluding hydrogens is 206 g/mol. The quantitative estimate of drug-likeness (QED) is 0.720. The third-order valence-corrected chi connectivity index (χ3v) is 2.13. The van der Waals surface area contributed by atoms with Gasteiger partial charge in [-0.25, -0.2) is 4.79 Å². The van der Waals surface area contributed by atoms with Gasteiger partial charge in [0.05, 0.1) is 12.8 Å². The van der Waals surface area contributed by atoms with Crippen LogP contribution in [0.25, 0.3) is 0 Å². The van der Waals surface area contributed by atoms with Gasteiger partial charge in [-0.2, -0.15) is 0 Å². The number of anilines is 1. The summed E-state index contributed by atoms with van der Waals surface area (Å²) in [6, 6.07) is 5.20. The zero-order valence-corrected chi connectivity index (χ0v) is 9.54. The second-order valence-electron chi connectivity index (χ2n) is 3.18. The van der Waals surface area contributed by atoms with E-state index < -0.39 is 0 Å². The first kappa shape index (κ1) is 12.3. The molecule has 0 saturated carbocycles. The molecule has 0 radical (unpaired) electrons. The van der Waals surface area contributed by atoms with Crippen LogP contribution in [0.5, 0.6) is 5.75 Å². The Balaban J connectivity index is 2.95.